The van der Waals surface area contributed by atoms with E-state index in [1.54, 1.807) is 0 Å². The van der Waals surface area contributed by atoms with Crippen LogP contribution in [0, 0.1) is 0 Å². The van der Waals surface area contributed by atoms with E-state index in [4.69, 9.17) is 4.74 Å². The van der Waals surface area contributed by atoms with Crippen LogP contribution in [-0.4, -0.2) is 69.4 Å². The molecule has 7 nitrogen and oxygen atoms in total. The second-order valence-corrected chi connectivity index (χ2v) is 6.76. The Hall–Kier alpha value is -1.05. The zero-order chi connectivity index (χ0) is 14.1. The van der Waals surface area contributed by atoms with Crippen molar-refractivity contribution in [1.82, 2.24) is 30.8 Å². The highest BCUT2D eigenvalue weighted by atomic mass is 16.5. The molecule has 2 N–H and O–H groups in total. The van der Waals surface area contributed by atoms with Gasteiger partial charge in [0.2, 0.25) is 0 Å². The summed E-state index contributed by atoms with van der Waals surface area (Å²) < 4.78 is 6.19. The molecule has 1 atom stereocenters. The van der Waals surface area contributed by atoms with Crippen LogP contribution in [-0.2, 0) is 11.2 Å². The molecule has 1 unspecified atom stereocenters. The van der Waals surface area contributed by atoms with Crippen molar-refractivity contribution >= 4 is 0 Å². The van der Waals surface area contributed by atoms with Crippen molar-refractivity contribution in [3.63, 3.8) is 0 Å². The molecule has 21 heavy (non-hydrogen) atoms. The minimum Gasteiger partial charge on any atom is -0.373 e. The maximum Gasteiger partial charge on any atom is 0.175 e. The van der Waals surface area contributed by atoms with Gasteiger partial charge >= 0.3 is 0 Å². The van der Waals surface area contributed by atoms with Crippen LogP contribution in [0.4, 0.5) is 0 Å². The standard InChI is InChI=1S/C14H24N6O/c1-2-11(1)15-12-9-14(21-10-12)4-7-20(8-5-14)6-3-13-16-18-19-17-13/h11-12,15H,1-10H2,(H,16,17,18,19). The lowest BCUT2D eigenvalue weighted by Crippen LogP contribution is -2.45. The fourth-order valence-corrected chi connectivity index (χ4v) is 3.61. The Kier molecular flexibility index (Phi) is 3.64. The number of piperidine rings is 1. The Morgan fingerprint density at radius 3 is 2.86 bits per heavy atom. The maximum atomic E-state index is 6.19. The molecule has 1 spiro atoms. The first-order valence-electron chi connectivity index (χ1n) is 8.16. The highest BCUT2D eigenvalue weighted by Crippen LogP contribution is 2.37. The van der Waals surface area contributed by atoms with E-state index in [1.165, 1.54) is 19.3 Å². The summed E-state index contributed by atoms with van der Waals surface area (Å²) in [6.45, 7) is 4.15. The number of ether oxygens (including phenoxy) is 1. The largest absolute Gasteiger partial charge is 0.373 e. The van der Waals surface area contributed by atoms with Crippen LogP contribution in [0.25, 0.3) is 0 Å². The summed E-state index contributed by atoms with van der Waals surface area (Å²) in [4.78, 5) is 2.49. The number of likely N-dealkylation sites (tertiary alicyclic amines) is 1. The Morgan fingerprint density at radius 2 is 2.14 bits per heavy atom. The van der Waals surface area contributed by atoms with Gasteiger partial charge in [0.25, 0.3) is 0 Å². The van der Waals surface area contributed by atoms with Crippen molar-refractivity contribution in [2.24, 2.45) is 0 Å². The van der Waals surface area contributed by atoms with Gasteiger partial charge < -0.3 is 15.0 Å². The van der Waals surface area contributed by atoms with Crippen LogP contribution < -0.4 is 5.32 Å². The quantitative estimate of drug-likeness (QED) is 0.802. The summed E-state index contributed by atoms with van der Waals surface area (Å²) in [5.74, 6) is 0.807. The van der Waals surface area contributed by atoms with Crippen molar-refractivity contribution in [3.8, 4) is 0 Å². The lowest BCUT2D eigenvalue weighted by Gasteiger charge is -2.38. The first kappa shape index (κ1) is 13.6. The Balaban J connectivity index is 1.22. The molecule has 7 heteroatoms. The molecule has 1 saturated carbocycles. The summed E-state index contributed by atoms with van der Waals surface area (Å²) in [7, 11) is 0. The third kappa shape index (κ3) is 3.25. The average molecular weight is 292 g/mol. The molecule has 0 radical (unpaired) electrons. The topological polar surface area (TPSA) is 79.0 Å². The normalized spacial score (nSPS) is 29.2. The molecule has 3 heterocycles. The number of rotatable bonds is 5. The van der Waals surface area contributed by atoms with E-state index in [2.05, 4.69) is 30.8 Å². The molecule has 1 aromatic rings. The summed E-state index contributed by atoms with van der Waals surface area (Å²) in [5.41, 5.74) is 0.148. The van der Waals surface area contributed by atoms with E-state index in [9.17, 15) is 0 Å². The summed E-state index contributed by atoms with van der Waals surface area (Å²) in [6.07, 6.45) is 7.09. The molecule has 2 saturated heterocycles. The van der Waals surface area contributed by atoms with E-state index in [0.717, 1.165) is 57.4 Å². The van der Waals surface area contributed by atoms with Crippen molar-refractivity contribution in [2.45, 2.75) is 56.2 Å². The molecule has 0 bridgehead atoms. The third-order valence-corrected chi connectivity index (χ3v) is 5.07. The lowest BCUT2D eigenvalue weighted by atomic mass is 9.87. The van der Waals surface area contributed by atoms with Crippen molar-refractivity contribution in [1.29, 1.82) is 0 Å². The third-order valence-electron chi connectivity index (χ3n) is 5.07. The molecule has 0 aromatic carbocycles. The van der Waals surface area contributed by atoms with Crippen LogP contribution in [0.5, 0.6) is 0 Å². The number of H-pyrrole nitrogens is 1. The van der Waals surface area contributed by atoms with Gasteiger partial charge in [-0.1, -0.05) is 5.21 Å². The zero-order valence-electron chi connectivity index (χ0n) is 12.4. The van der Waals surface area contributed by atoms with Gasteiger partial charge in [-0.25, -0.2) is 0 Å². The van der Waals surface area contributed by atoms with Gasteiger partial charge in [0.1, 0.15) is 0 Å². The number of nitrogens with one attached hydrogen (secondary N) is 2. The van der Waals surface area contributed by atoms with E-state index in [-0.39, 0.29) is 5.60 Å². The van der Waals surface area contributed by atoms with Crippen LogP contribution in [0.15, 0.2) is 0 Å². The predicted octanol–water partition coefficient (Wildman–Crippen LogP) is 0.118. The van der Waals surface area contributed by atoms with Crippen molar-refractivity contribution in [2.75, 3.05) is 26.2 Å². The Labute approximate surface area is 124 Å². The minimum absolute atomic E-state index is 0.148. The first-order valence-corrected chi connectivity index (χ1v) is 8.16. The van der Waals surface area contributed by atoms with Crippen LogP contribution in [0.3, 0.4) is 0 Å². The second-order valence-electron chi connectivity index (χ2n) is 6.76. The van der Waals surface area contributed by atoms with Gasteiger partial charge in [-0.05, 0) is 32.1 Å². The average Bonchev–Trinajstić information content (AvgIpc) is 3.01. The first-order chi connectivity index (χ1) is 10.3. The zero-order valence-corrected chi connectivity index (χ0v) is 12.4. The van der Waals surface area contributed by atoms with E-state index in [1.807, 2.05) is 0 Å². The van der Waals surface area contributed by atoms with Crippen molar-refractivity contribution < 1.29 is 4.74 Å². The number of nitrogens with zero attached hydrogens (tertiary/aromatic N) is 4. The fourth-order valence-electron chi connectivity index (χ4n) is 3.61. The highest BCUT2D eigenvalue weighted by molar-refractivity contribution is 4.98. The molecule has 2 aliphatic heterocycles. The number of tetrazole rings is 1. The Morgan fingerprint density at radius 1 is 1.29 bits per heavy atom. The summed E-state index contributed by atoms with van der Waals surface area (Å²) in [5, 5.41) is 17.8. The summed E-state index contributed by atoms with van der Waals surface area (Å²) in [6, 6.07) is 1.37. The maximum absolute atomic E-state index is 6.19. The predicted molar refractivity (Wildman–Crippen MR) is 76.8 cm³/mol. The molecular weight excluding hydrogens is 268 g/mol. The molecule has 0 amide bonds. The van der Waals surface area contributed by atoms with Crippen LogP contribution in [0.2, 0.25) is 0 Å². The van der Waals surface area contributed by atoms with Gasteiger partial charge in [-0.2, -0.15) is 5.21 Å². The fraction of sp³-hybridized carbons (Fsp3) is 0.929. The van der Waals surface area contributed by atoms with Gasteiger partial charge in [-0.3, -0.25) is 0 Å². The highest BCUT2D eigenvalue weighted by Gasteiger charge is 2.43. The van der Waals surface area contributed by atoms with E-state index < -0.39 is 0 Å². The lowest BCUT2D eigenvalue weighted by molar-refractivity contribution is -0.0433. The van der Waals surface area contributed by atoms with Crippen molar-refractivity contribution in [3.05, 3.63) is 5.82 Å². The second kappa shape index (κ2) is 5.62. The van der Waals surface area contributed by atoms with Gasteiger partial charge in [0.15, 0.2) is 5.82 Å². The molecule has 3 aliphatic rings. The monoisotopic (exact) mass is 292 g/mol. The van der Waals surface area contributed by atoms with E-state index in [0.29, 0.717) is 6.04 Å². The van der Waals surface area contributed by atoms with Gasteiger partial charge in [0, 0.05) is 38.1 Å². The smallest absolute Gasteiger partial charge is 0.175 e. The van der Waals surface area contributed by atoms with Crippen LogP contribution >= 0.6 is 0 Å². The minimum atomic E-state index is 0.148. The molecular formula is C14H24N6O. The SMILES string of the molecule is C(CN1CCC2(CC1)CC(NC1CC1)CO2)c1nn[nH]n1. The van der Waals surface area contributed by atoms with Crippen LogP contribution in [0.1, 0.15) is 37.9 Å². The number of aromatic nitrogens is 4. The summed E-state index contributed by atoms with van der Waals surface area (Å²) >= 11 is 0. The number of aromatic amines is 1. The molecule has 1 aromatic heterocycles. The van der Waals surface area contributed by atoms with E-state index >= 15 is 0 Å². The molecule has 3 fully saturated rings. The number of hydrogen-bond donors (Lipinski definition) is 2. The molecule has 1 aliphatic carbocycles. The van der Waals surface area contributed by atoms with Gasteiger partial charge in [0.05, 0.1) is 12.2 Å². The molecule has 4 rings (SSSR count). The Bertz CT molecular complexity index is 452. The molecule has 116 valence electrons. The van der Waals surface area contributed by atoms with Gasteiger partial charge in [-0.15, -0.1) is 10.2 Å². The number of hydrogen-bond acceptors (Lipinski definition) is 6.